The summed E-state index contributed by atoms with van der Waals surface area (Å²) in [6.45, 7) is 4.86. The first kappa shape index (κ1) is 21.6. The zero-order valence-corrected chi connectivity index (χ0v) is 17.8. The quantitative estimate of drug-likeness (QED) is 0.432. The molecule has 6 heteroatoms. The van der Waals surface area contributed by atoms with Crippen LogP contribution in [0.4, 0.5) is 0 Å². The van der Waals surface area contributed by atoms with Gasteiger partial charge in [-0.25, -0.2) is 0 Å². The number of Topliss-reactive ketones (excluding diaryl/α,β-unsaturated/α-hetero) is 1. The van der Waals surface area contributed by atoms with Gasteiger partial charge >= 0.3 is 0 Å². The average Bonchev–Trinajstić information content (AvgIpc) is 2.97. The lowest BCUT2D eigenvalue weighted by molar-refractivity contribution is -0.140. The van der Waals surface area contributed by atoms with Crippen LogP contribution in [0.2, 0.25) is 0 Å². The van der Waals surface area contributed by atoms with Gasteiger partial charge in [-0.2, -0.15) is 0 Å². The predicted octanol–water partition coefficient (Wildman–Crippen LogP) is 3.46. The number of hydrogen-bond acceptors (Lipinski definition) is 5. The second-order valence-corrected chi connectivity index (χ2v) is 7.90. The number of likely N-dealkylation sites (N-methyl/N-ethyl adjacent to an activating group) is 1. The van der Waals surface area contributed by atoms with Crippen molar-refractivity contribution in [2.45, 2.75) is 26.0 Å². The van der Waals surface area contributed by atoms with Gasteiger partial charge in [-0.15, -0.1) is 0 Å². The molecule has 0 saturated carbocycles. The van der Waals surface area contributed by atoms with Crippen molar-refractivity contribution < 1.29 is 19.4 Å². The van der Waals surface area contributed by atoms with E-state index in [1.165, 1.54) is 0 Å². The Hall–Kier alpha value is -3.12. The summed E-state index contributed by atoms with van der Waals surface area (Å²) in [5, 5.41) is 11.0. The fraction of sp³-hybridized carbons (Fsp3) is 0.333. The normalized spacial score (nSPS) is 18.5. The Kier molecular flexibility index (Phi) is 6.57. The molecule has 1 fully saturated rings. The van der Waals surface area contributed by atoms with E-state index >= 15 is 0 Å². The predicted molar refractivity (Wildman–Crippen MR) is 116 cm³/mol. The average molecular weight is 408 g/mol. The highest BCUT2D eigenvalue weighted by atomic mass is 16.5. The third-order valence-corrected chi connectivity index (χ3v) is 4.94. The van der Waals surface area contributed by atoms with Crippen LogP contribution in [0.25, 0.3) is 5.76 Å². The molecule has 6 nitrogen and oxygen atoms in total. The number of ketones is 1. The molecular formula is C24H28N2O4. The van der Waals surface area contributed by atoms with Crippen LogP contribution in [0.3, 0.4) is 0 Å². The lowest BCUT2D eigenvalue weighted by Crippen LogP contribution is -2.35. The summed E-state index contributed by atoms with van der Waals surface area (Å²) >= 11 is 0. The number of hydrogen-bond donors (Lipinski definition) is 1. The first-order valence-corrected chi connectivity index (χ1v) is 10.0. The van der Waals surface area contributed by atoms with Crippen LogP contribution in [0, 0.1) is 0 Å². The summed E-state index contributed by atoms with van der Waals surface area (Å²) in [6.07, 6.45) is 0.0320. The van der Waals surface area contributed by atoms with Crippen LogP contribution >= 0.6 is 0 Å². The van der Waals surface area contributed by atoms with Crippen molar-refractivity contribution >= 4 is 17.4 Å². The van der Waals surface area contributed by atoms with Crippen LogP contribution in [-0.2, 0) is 9.59 Å². The van der Waals surface area contributed by atoms with E-state index in [9.17, 15) is 14.7 Å². The molecular weight excluding hydrogens is 380 g/mol. The number of ether oxygens (including phenoxy) is 1. The van der Waals surface area contributed by atoms with E-state index in [2.05, 4.69) is 0 Å². The van der Waals surface area contributed by atoms with Gasteiger partial charge in [0.1, 0.15) is 11.5 Å². The molecule has 1 aliphatic heterocycles. The van der Waals surface area contributed by atoms with E-state index in [-0.39, 0.29) is 17.4 Å². The Morgan fingerprint density at radius 1 is 1.07 bits per heavy atom. The molecule has 0 bridgehead atoms. The molecule has 30 heavy (non-hydrogen) atoms. The molecule has 1 atom stereocenters. The van der Waals surface area contributed by atoms with Crippen molar-refractivity contribution in [1.29, 1.82) is 0 Å². The maximum Gasteiger partial charge on any atom is 0.295 e. The zero-order chi connectivity index (χ0) is 21.8. The Labute approximate surface area is 177 Å². The number of carbonyl (C=O) groups excluding carboxylic acids is 2. The van der Waals surface area contributed by atoms with Crippen molar-refractivity contribution in [2.75, 3.05) is 27.2 Å². The minimum Gasteiger partial charge on any atom is -0.507 e. The van der Waals surface area contributed by atoms with Gasteiger partial charge in [-0.05, 0) is 57.8 Å². The third kappa shape index (κ3) is 4.54. The molecule has 0 aliphatic carbocycles. The highest BCUT2D eigenvalue weighted by Gasteiger charge is 2.45. The fourth-order valence-corrected chi connectivity index (χ4v) is 3.52. The third-order valence-electron chi connectivity index (χ3n) is 4.94. The Bertz CT molecular complexity index is 933. The molecule has 0 radical (unpaired) electrons. The van der Waals surface area contributed by atoms with Gasteiger partial charge in [-0.1, -0.05) is 30.3 Å². The number of likely N-dealkylation sites (tertiary alicyclic amines) is 1. The van der Waals surface area contributed by atoms with E-state index < -0.39 is 17.7 Å². The van der Waals surface area contributed by atoms with Crippen molar-refractivity contribution in [1.82, 2.24) is 9.80 Å². The number of amides is 1. The zero-order valence-electron chi connectivity index (χ0n) is 17.8. The maximum atomic E-state index is 12.9. The van der Waals surface area contributed by atoms with Crippen LogP contribution in [0.1, 0.15) is 31.0 Å². The van der Waals surface area contributed by atoms with Crippen LogP contribution in [-0.4, -0.2) is 59.9 Å². The van der Waals surface area contributed by atoms with Gasteiger partial charge in [0.25, 0.3) is 11.7 Å². The molecule has 1 saturated heterocycles. The number of aliphatic hydroxyl groups excluding tert-OH is 1. The van der Waals surface area contributed by atoms with Crippen LogP contribution < -0.4 is 4.74 Å². The standard InChI is InChI=1S/C24H28N2O4/c1-16(2)30-19-12-10-18(11-13-19)22(27)20-21(17-8-6-5-7-9-17)26(15-14-25(3)4)24(29)23(20)28/h5-13,16,21,27H,14-15H2,1-4H3/t21-/m0/s1. The van der Waals surface area contributed by atoms with Gasteiger partial charge in [0.2, 0.25) is 0 Å². The van der Waals surface area contributed by atoms with E-state index in [0.29, 0.717) is 24.4 Å². The van der Waals surface area contributed by atoms with Crippen molar-refractivity contribution in [3.05, 3.63) is 71.3 Å². The second kappa shape index (κ2) is 9.13. The highest BCUT2D eigenvalue weighted by molar-refractivity contribution is 6.46. The molecule has 3 rings (SSSR count). The number of benzene rings is 2. The Morgan fingerprint density at radius 2 is 1.70 bits per heavy atom. The number of rotatable bonds is 7. The first-order chi connectivity index (χ1) is 14.3. The lowest BCUT2D eigenvalue weighted by atomic mass is 9.95. The van der Waals surface area contributed by atoms with E-state index in [1.54, 1.807) is 29.2 Å². The lowest BCUT2D eigenvalue weighted by Gasteiger charge is -2.26. The first-order valence-electron chi connectivity index (χ1n) is 10.0. The highest BCUT2D eigenvalue weighted by Crippen LogP contribution is 2.39. The van der Waals surface area contributed by atoms with E-state index in [4.69, 9.17) is 4.74 Å². The minimum absolute atomic E-state index is 0.0320. The summed E-state index contributed by atoms with van der Waals surface area (Å²) in [6, 6.07) is 15.6. The van der Waals surface area contributed by atoms with Crippen LogP contribution in [0.15, 0.2) is 60.2 Å². The molecule has 1 heterocycles. The summed E-state index contributed by atoms with van der Waals surface area (Å²) < 4.78 is 5.64. The monoisotopic (exact) mass is 408 g/mol. The summed E-state index contributed by atoms with van der Waals surface area (Å²) in [5.74, 6) is -0.757. The molecule has 0 spiro atoms. The van der Waals surface area contributed by atoms with Gasteiger partial charge in [0, 0.05) is 18.7 Å². The largest absolute Gasteiger partial charge is 0.507 e. The molecule has 158 valence electrons. The molecule has 2 aromatic rings. The minimum atomic E-state index is -0.664. The van der Waals surface area contributed by atoms with Gasteiger partial charge in [-0.3, -0.25) is 9.59 Å². The Balaban J connectivity index is 2.05. The van der Waals surface area contributed by atoms with Crippen molar-refractivity contribution in [3.8, 4) is 5.75 Å². The number of aliphatic hydroxyl groups is 1. The summed E-state index contributed by atoms with van der Waals surface area (Å²) in [5.41, 5.74) is 1.37. The van der Waals surface area contributed by atoms with Crippen molar-refractivity contribution in [3.63, 3.8) is 0 Å². The fourth-order valence-electron chi connectivity index (χ4n) is 3.52. The molecule has 2 aromatic carbocycles. The van der Waals surface area contributed by atoms with E-state index in [1.807, 2.05) is 63.2 Å². The van der Waals surface area contributed by atoms with Crippen LogP contribution in [0.5, 0.6) is 5.75 Å². The van der Waals surface area contributed by atoms with E-state index in [0.717, 1.165) is 5.56 Å². The summed E-state index contributed by atoms with van der Waals surface area (Å²) in [4.78, 5) is 29.2. The maximum absolute atomic E-state index is 12.9. The topological polar surface area (TPSA) is 70.1 Å². The van der Waals surface area contributed by atoms with Crippen molar-refractivity contribution in [2.24, 2.45) is 0 Å². The van der Waals surface area contributed by atoms with Gasteiger partial charge in [0.15, 0.2) is 0 Å². The molecule has 0 unspecified atom stereocenters. The Morgan fingerprint density at radius 3 is 2.27 bits per heavy atom. The van der Waals surface area contributed by atoms with Gasteiger partial charge in [0.05, 0.1) is 17.7 Å². The molecule has 0 aromatic heterocycles. The number of nitrogens with zero attached hydrogens (tertiary/aromatic N) is 2. The molecule has 1 amide bonds. The second-order valence-electron chi connectivity index (χ2n) is 7.90. The molecule has 1 aliphatic rings. The summed E-state index contributed by atoms with van der Waals surface area (Å²) in [7, 11) is 3.82. The molecule has 1 N–H and O–H groups in total. The smallest absolute Gasteiger partial charge is 0.295 e. The SMILES string of the molecule is CC(C)Oc1ccc(C(O)=C2C(=O)C(=O)N(CCN(C)C)[C@H]2c2ccccc2)cc1. The van der Waals surface area contributed by atoms with Gasteiger partial charge < -0.3 is 19.6 Å². The number of carbonyl (C=O) groups is 2.